The molecule has 0 amide bonds. The fourth-order valence-corrected chi connectivity index (χ4v) is 3.76. The summed E-state index contributed by atoms with van der Waals surface area (Å²) in [5, 5.41) is 5.81. The summed E-state index contributed by atoms with van der Waals surface area (Å²) in [4.78, 5) is 14.8. The second-order valence-corrected chi connectivity index (χ2v) is 6.38. The molecule has 5 nitrogen and oxygen atoms in total. The van der Waals surface area contributed by atoms with Crippen LogP contribution in [0, 0.1) is 0 Å². The summed E-state index contributed by atoms with van der Waals surface area (Å²) in [7, 11) is 0. The Morgan fingerprint density at radius 1 is 0.920 bits per heavy atom. The maximum Gasteiger partial charge on any atom is 0.138 e. The van der Waals surface area contributed by atoms with E-state index in [0.29, 0.717) is 0 Å². The molecule has 0 bridgehead atoms. The topological polar surface area (TPSA) is 56.8 Å². The van der Waals surface area contributed by atoms with E-state index in [0.717, 1.165) is 37.3 Å². The molecule has 0 aliphatic carbocycles. The lowest BCUT2D eigenvalue weighted by Gasteiger charge is -2.30. The molecule has 1 fully saturated rings. The van der Waals surface area contributed by atoms with Crippen LogP contribution in [0.3, 0.4) is 0 Å². The molecule has 25 heavy (non-hydrogen) atoms. The standard InChI is InChI=1S/C20H19N5/c1-2-4-17-16(3-1)19-15(6-8-23-20(19)24-17)14-5-7-22-13-18(14)25-11-9-21-10-12-25/h1-8,13,21H,9-12H2,(H,23,24). The zero-order valence-corrected chi connectivity index (χ0v) is 13.9. The Kier molecular flexibility index (Phi) is 3.38. The molecule has 0 unspecified atom stereocenters. The molecule has 1 aliphatic rings. The lowest BCUT2D eigenvalue weighted by Crippen LogP contribution is -2.43. The summed E-state index contributed by atoms with van der Waals surface area (Å²) in [5.74, 6) is 0. The number of nitrogens with one attached hydrogen (secondary N) is 2. The van der Waals surface area contributed by atoms with Crippen molar-refractivity contribution in [1.29, 1.82) is 0 Å². The number of benzene rings is 1. The van der Waals surface area contributed by atoms with Crippen molar-refractivity contribution in [2.75, 3.05) is 31.1 Å². The zero-order chi connectivity index (χ0) is 16.6. The molecule has 5 rings (SSSR count). The van der Waals surface area contributed by atoms with Gasteiger partial charge in [-0.15, -0.1) is 0 Å². The van der Waals surface area contributed by atoms with Crippen molar-refractivity contribution in [2.24, 2.45) is 0 Å². The molecule has 1 saturated heterocycles. The summed E-state index contributed by atoms with van der Waals surface area (Å²) in [5.41, 5.74) is 5.67. The highest BCUT2D eigenvalue weighted by atomic mass is 15.2. The molecule has 4 aromatic rings. The molecule has 0 saturated carbocycles. The predicted molar refractivity (Wildman–Crippen MR) is 102 cm³/mol. The Balaban J connectivity index is 1.77. The number of aromatic amines is 1. The predicted octanol–water partition coefficient (Wildman–Crippen LogP) is 3.19. The third-order valence-corrected chi connectivity index (χ3v) is 4.95. The Morgan fingerprint density at radius 2 is 1.76 bits per heavy atom. The van der Waals surface area contributed by atoms with Crippen molar-refractivity contribution in [3.8, 4) is 11.1 Å². The molecular formula is C20H19N5. The SMILES string of the molecule is c1ccc2c(c1)[nH]c1nccc(-c3ccncc3N3CCNCC3)c12. The van der Waals surface area contributed by atoms with Gasteiger partial charge in [0.05, 0.1) is 11.9 Å². The van der Waals surface area contributed by atoms with Gasteiger partial charge in [0.25, 0.3) is 0 Å². The second kappa shape index (κ2) is 5.86. The number of fused-ring (bicyclic) bond motifs is 3. The number of hydrogen-bond donors (Lipinski definition) is 2. The average molecular weight is 329 g/mol. The number of hydrogen-bond acceptors (Lipinski definition) is 4. The molecular weight excluding hydrogens is 310 g/mol. The molecule has 0 radical (unpaired) electrons. The van der Waals surface area contributed by atoms with Crippen molar-refractivity contribution in [1.82, 2.24) is 20.3 Å². The van der Waals surface area contributed by atoms with E-state index in [1.54, 1.807) is 0 Å². The summed E-state index contributed by atoms with van der Waals surface area (Å²) in [6.45, 7) is 4.02. The second-order valence-electron chi connectivity index (χ2n) is 6.38. The number of piperazine rings is 1. The first-order valence-electron chi connectivity index (χ1n) is 8.67. The maximum absolute atomic E-state index is 4.55. The fourth-order valence-electron chi connectivity index (χ4n) is 3.76. The average Bonchev–Trinajstić information content (AvgIpc) is 3.07. The van der Waals surface area contributed by atoms with Gasteiger partial charge in [-0.3, -0.25) is 4.98 Å². The van der Waals surface area contributed by atoms with Gasteiger partial charge < -0.3 is 15.2 Å². The van der Waals surface area contributed by atoms with Gasteiger partial charge in [0.1, 0.15) is 5.65 Å². The van der Waals surface area contributed by atoms with E-state index in [9.17, 15) is 0 Å². The molecule has 1 aliphatic heterocycles. The fraction of sp³-hybridized carbons (Fsp3) is 0.200. The number of rotatable bonds is 2. The molecule has 0 spiro atoms. The number of nitrogens with zero attached hydrogens (tertiary/aromatic N) is 3. The zero-order valence-electron chi connectivity index (χ0n) is 13.9. The van der Waals surface area contributed by atoms with Crippen LogP contribution in [0.15, 0.2) is 55.0 Å². The minimum absolute atomic E-state index is 0.932. The van der Waals surface area contributed by atoms with Gasteiger partial charge in [-0.05, 0) is 23.8 Å². The Hall–Kier alpha value is -2.92. The molecule has 4 heterocycles. The van der Waals surface area contributed by atoms with Crippen molar-refractivity contribution in [3.63, 3.8) is 0 Å². The van der Waals surface area contributed by atoms with E-state index < -0.39 is 0 Å². The van der Waals surface area contributed by atoms with Crippen LogP contribution in [0.4, 0.5) is 5.69 Å². The lowest BCUT2D eigenvalue weighted by molar-refractivity contribution is 0.589. The quantitative estimate of drug-likeness (QED) is 0.593. The summed E-state index contributed by atoms with van der Waals surface area (Å²) < 4.78 is 0. The normalized spacial score (nSPS) is 15.1. The highest BCUT2D eigenvalue weighted by molar-refractivity contribution is 6.13. The molecule has 1 aromatic carbocycles. The molecule has 3 aromatic heterocycles. The molecule has 2 N–H and O–H groups in total. The van der Waals surface area contributed by atoms with Gasteiger partial charge in [-0.1, -0.05) is 18.2 Å². The van der Waals surface area contributed by atoms with Crippen LogP contribution in [-0.4, -0.2) is 41.1 Å². The summed E-state index contributed by atoms with van der Waals surface area (Å²) >= 11 is 0. The Bertz CT molecular complexity index is 1050. The van der Waals surface area contributed by atoms with Crippen molar-refractivity contribution in [2.45, 2.75) is 0 Å². The first-order valence-corrected chi connectivity index (χ1v) is 8.67. The minimum Gasteiger partial charge on any atom is -0.367 e. The third-order valence-electron chi connectivity index (χ3n) is 4.95. The van der Waals surface area contributed by atoms with Gasteiger partial charge >= 0.3 is 0 Å². The maximum atomic E-state index is 4.55. The van der Waals surface area contributed by atoms with Gasteiger partial charge in [0, 0.05) is 60.4 Å². The number of anilines is 1. The van der Waals surface area contributed by atoms with E-state index in [1.807, 2.05) is 18.6 Å². The van der Waals surface area contributed by atoms with Gasteiger partial charge in [-0.25, -0.2) is 4.98 Å². The number of H-pyrrole nitrogens is 1. The van der Waals surface area contributed by atoms with Crippen LogP contribution in [0.1, 0.15) is 0 Å². The molecule has 0 atom stereocenters. The smallest absolute Gasteiger partial charge is 0.138 e. The van der Waals surface area contributed by atoms with E-state index in [2.05, 4.69) is 61.6 Å². The minimum atomic E-state index is 0.932. The van der Waals surface area contributed by atoms with Crippen molar-refractivity contribution < 1.29 is 0 Å². The van der Waals surface area contributed by atoms with Crippen molar-refractivity contribution in [3.05, 3.63) is 55.0 Å². The molecule has 124 valence electrons. The lowest BCUT2D eigenvalue weighted by atomic mass is 10.0. The van der Waals surface area contributed by atoms with E-state index >= 15 is 0 Å². The largest absolute Gasteiger partial charge is 0.367 e. The van der Waals surface area contributed by atoms with E-state index in [1.165, 1.54) is 27.6 Å². The van der Waals surface area contributed by atoms with Crippen LogP contribution in [0.5, 0.6) is 0 Å². The number of aromatic nitrogens is 3. The van der Waals surface area contributed by atoms with Gasteiger partial charge in [0.2, 0.25) is 0 Å². The van der Waals surface area contributed by atoms with Gasteiger partial charge in [-0.2, -0.15) is 0 Å². The van der Waals surface area contributed by atoms with E-state index in [4.69, 9.17) is 0 Å². The van der Waals surface area contributed by atoms with Crippen LogP contribution in [0.25, 0.3) is 33.1 Å². The monoisotopic (exact) mass is 329 g/mol. The summed E-state index contributed by atoms with van der Waals surface area (Å²) in [6.07, 6.45) is 5.75. The highest BCUT2D eigenvalue weighted by Crippen LogP contribution is 2.37. The first-order chi connectivity index (χ1) is 12.4. The van der Waals surface area contributed by atoms with Crippen LogP contribution < -0.4 is 10.2 Å². The van der Waals surface area contributed by atoms with Crippen LogP contribution in [0.2, 0.25) is 0 Å². The first kappa shape index (κ1) is 14.4. The third kappa shape index (κ3) is 2.36. The van der Waals surface area contributed by atoms with Crippen LogP contribution in [-0.2, 0) is 0 Å². The van der Waals surface area contributed by atoms with E-state index in [-0.39, 0.29) is 0 Å². The highest BCUT2D eigenvalue weighted by Gasteiger charge is 2.18. The number of para-hydroxylation sites is 1. The Morgan fingerprint density at radius 3 is 2.68 bits per heavy atom. The Labute approximate surface area is 145 Å². The summed E-state index contributed by atoms with van der Waals surface area (Å²) in [6, 6.07) is 12.6. The number of pyridine rings is 2. The van der Waals surface area contributed by atoms with Gasteiger partial charge in [0.15, 0.2) is 0 Å². The van der Waals surface area contributed by atoms with Crippen LogP contribution >= 0.6 is 0 Å². The molecule has 5 heteroatoms. The van der Waals surface area contributed by atoms with Crippen molar-refractivity contribution >= 4 is 27.6 Å².